The first-order valence-electron chi connectivity index (χ1n) is 5.61. The normalized spacial score (nSPS) is 12.9. The van der Waals surface area contributed by atoms with E-state index >= 15 is 0 Å². The van der Waals surface area contributed by atoms with E-state index < -0.39 is 0 Å². The molecule has 0 bridgehead atoms. The van der Waals surface area contributed by atoms with Crippen LogP contribution in [0.25, 0.3) is 0 Å². The summed E-state index contributed by atoms with van der Waals surface area (Å²) in [4.78, 5) is 4.11. The van der Waals surface area contributed by atoms with E-state index in [9.17, 15) is 0 Å². The van der Waals surface area contributed by atoms with Gasteiger partial charge in [-0.3, -0.25) is 0 Å². The van der Waals surface area contributed by atoms with Gasteiger partial charge in [-0.05, 0) is 6.42 Å². The summed E-state index contributed by atoms with van der Waals surface area (Å²) < 4.78 is 12.3. The molecule has 0 fully saturated rings. The van der Waals surface area contributed by atoms with Gasteiger partial charge in [-0.15, -0.1) is 0 Å². The van der Waals surface area contributed by atoms with Crippen LogP contribution in [0.3, 0.4) is 0 Å². The molecule has 92 valence electrons. The van der Waals surface area contributed by atoms with Gasteiger partial charge in [-0.1, -0.05) is 6.92 Å². The Bertz CT molecular complexity index is 289. The maximum atomic E-state index is 5.97. The van der Waals surface area contributed by atoms with Gasteiger partial charge < -0.3 is 19.8 Å². The van der Waals surface area contributed by atoms with Crippen LogP contribution in [0.15, 0.2) is 12.5 Å². The van der Waals surface area contributed by atoms with E-state index in [1.54, 1.807) is 13.4 Å². The quantitative estimate of drug-likeness (QED) is 0.672. The zero-order valence-corrected chi connectivity index (χ0v) is 10.1. The van der Waals surface area contributed by atoms with Gasteiger partial charge in [0.05, 0.1) is 31.8 Å². The van der Waals surface area contributed by atoms with Crippen molar-refractivity contribution in [3.8, 4) is 0 Å². The molecule has 0 aliphatic rings. The minimum Gasteiger partial charge on any atom is -0.382 e. The first-order valence-corrected chi connectivity index (χ1v) is 5.61. The molecule has 1 aromatic rings. The standard InChI is InChI=1S/C11H21N3O2/c1-3-10(12)11-8-13-9-14(11)4-5-16-7-6-15-2/h8-10H,3-7,12H2,1-2H3/t10-/m1/s1. The predicted octanol–water partition coefficient (Wildman–Crippen LogP) is 0.956. The highest BCUT2D eigenvalue weighted by molar-refractivity contribution is 5.04. The van der Waals surface area contributed by atoms with E-state index in [0.717, 1.165) is 18.7 Å². The molecule has 1 atom stereocenters. The molecule has 0 spiro atoms. The van der Waals surface area contributed by atoms with Crippen molar-refractivity contribution in [2.45, 2.75) is 25.9 Å². The molecule has 16 heavy (non-hydrogen) atoms. The molecule has 0 aliphatic heterocycles. The van der Waals surface area contributed by atoms with E-state index in [0.29, 0.717) is 19.8 Å². The smallest absolute Gasteiger partial charge is 0.0949 e. The lowest BCUT2D eigenvalue weighted by Crippen LogP contribution is -2.16. The molecule has 5 heteroatoms. The Morgan fingerprint density at radius 1 is 1.44 bits per heavy atom. The Kier molecular flexibility index (Phi) is 6.07. The Morgan fingerprint density at radius 3 is 2.94 bits per heavy atom. The second-order valence-corrected chi connectivity index (χ2v) is 3.63. The first-order chi connectivity index (χ1) is 7.79. The van der Waals surface area contributed by atoms with Crippen LogP contribution in [0.2, 0.25) is 0 Å². The fourth-order valence-corrected chi connectivity index (χ4v) is 1.44. The minimum atomic E-state index is 0.0569. The number of nitrogens with zero attached hydrogens (tertiary/aromatic N) is 2. The van der Waals surface area contributed by atoms with E-state index in [1.807, 2.05) is 10.8 Å². The number of methoxy groups -OCH3 is 1. The van der Waals surface area contributed by atoms with Crippen LogP contribution in [-0.2, 0) is 16.0 Å². The highest BCUT2D eigenvalue weighted by Gasteiger charge is 2.08. The number of ether oxygens (including phenoxy) is 2. The predicted molar refractivity (Wildman–Crippen MR) is 62.1 cm³/mol. The minimum absolute atomic E-state index is 0.0569. The second kappa shape index (κ2) is 7.38. The van der Waals surface area contributed by atoms with Crippen LogP contribution >= 0.6 is 0 Å². The van der Waals surface area contributed by atoms with E-state index in [2.05, 4.69) is 11.9 Å². The molecule has 5 nitrogen and oxygen atoms in total. The summed E-state index contributed by atoms with van der Waals surface area (Å²) in [6, 6.07) is 0.0569. The Hall–Kier alpha value is -0.910. The van der Waals surface area contributed by atoms with Crippen molar-refractivity contribution in [3.63, 3.8) is 0 Å². The molecule has 0 radical (unpaired) electrons. The summed E-state index contributed by atoms with van der Waals surface area (Å²) in [5, 5.41) is 0. The zero-order chi connectivity index (χ0) is 11.8. The maximum Gasteiger partial charge on any atom is 0.0949 e. The van der Waals surface area contributed by atoms with Crippen molar-refractivity contribution >= 4 is 0 Å². The molecular weight excluding hydrogens is 206 g/mol. The number of nitrogens with two attached hydrogens (primary N) is 1. The number of rotatable bonds is 8. The summed E-state index contributed by atoms with van der Waals surface area (Å²) in [6.45, 7) is 4.76. The number of aromatic nitrogens is 2. The van der Waals surface area contributed by atoms with Gasteiger partial charge in [0, 0.05) is 25.9 Å². The first kappa shape index (κ1) is 13.2. The van der Waals surface area contributed by atoms with Crippen LogP contribution in [0.5, 0.6) is 0 Å². The lowest BCUT2D eigenvalue weighted by atomic mass is 10.2. The molecular formula is C11H21N3O2. The molecule has 1 rings (SSSR count). The Balaban J connectivity index is 2.33. The average Bonchev–Trinajstić information content (AvgIpc) is 2.76. The summed E-state index contributed by atoms with van der Waals surface area (Å²) in [7, 11) is 1.66. The van der Waals surface area contributed by atoms with Crippen molar-refractivity contribution in [1.29, 1.82) is 0 Å². The SMILES string of the molecule is CC[C@@H](N)c1cncn1CCOCCOC. The monoisotopic (exact) mass is 227 g/mol. The van der Waals surface area contributed by atoms with Crippen molar-refractivity contribution in [2.24, 2.45) is 5.73 Å². The molecule has 0 saturated heterocycles. The average molecular weight is 227 g/mol. The summed E-state index contributed by atoms with van der Waals surface area (Å²) in [5.41, 5.74) is 7.04. The highest BCUT2D eigenvalue weighted by atomic mass is 16.5. The molecule has 0 aliphatic carbocycles. The van der Waals surface area contributed by atoms with Crippen molar-refractivity contribution in [2.75, 3.05) is 26.9 Å². The van der Waals surface area contributed by atoms with E-state index in [1.165, 1.54) is 0 Å². The molecule has 2 N–H and O–H groups in total. The van der Waals surface area contributed by atoms with Gasteiger partial charge >= 0.3 is 0 Å². The Morgan fingerprint density at radius 2 is 2.25 bits per heavy atom. The third-order valence-corrected chi connectivity index (χ3v) is 2.47. The van der Waals surface area contributed by atoms with Crippen LogP contribution in [0.1, 0.15) is 25.1 Å². The molecule has 0 unspecified atom stereocenters. The summed E-state index contributed by atoms with van der Waals surface area (Å²) >= 11 is 0. The van der Waals surface area contributed by atoms with Gasteiger partial charge in [0.25, 0.3) is 0 Å². The third-order valence-electron chi connectivity index (χ3n) is 2.47. The number of imidazole rings is 1. The fraction of sp³-hybridized carbons (Fsp3) is 0.727. The highest BCUT2D eigenvalue weighted by Crippen LogP contribution is 2.12. The lowest BCUT2D eigenvalue weighted by Gasteiger charge is -2.12. The molecule has 0 aromatic carbocycles. The lowest BCUT2D eigenvalue weighted by molar-refractivity contribution is 0.0662. The van der Waals surface area contributed by atoms with Gasteiger partial charge in [-0.2, -0.15) is 0 Å². The summed E-state index contributed by atoms with van der Waals surface area (Å²) in [6.07, 6.45) is 4.53. The van der Waals surface area contributed by atoms with E-state index in [4.69, 9.17) is 15.2 Å². The summed E-state index contributed by atoms with van der Waals surface area (Å²) in [5.74, 6) is 0. The largest absolute Gasteiger partial charge is 0.382 e. The molecule has 1 aromatic heterocycles. The van der Waals surface area contributed by atoms with Crippen molar-refractivity contribution in [3.05, 3.63) is 18.2 Å². The topological polar surface area (TPSA) is 62.3 Å². The molecule has 0 saturated carbocycles. The maximum absolute atomic E-state index is 5.97. The zero-order valence-electron chi connectivity index (χ0n) is 10.1. The third kappa shape index (κ3) is 3.92. The van der Waals surface area contributed by atoms with Crippen LogP contribution in [-0.4, -0.2) is 36.5 Å². The van der Waals surface area contributed by atoms with Crippen molar-refractivity contribution < 1.29 is 9.47 Å². The van der Waals surface area contributed by atoms with E-state index in [-0.39, 0.29) is 6.04 Å². The number of hydrogen-bond acceptors (Lipinski definition) is 4. The second-order valence-electron chi connectivity index (χ2n) is 3.63. The Labute approximate surface area is 96.6 Å². The van der Waals surface area contributed by atoms with Gasteiger partial charge in [-0.25, -0.2) is 4.98 Å². The van der Waals surface area contributed by atoms with Gasteiger partial charge in [0.1, 0.15) is 0 Å². The fourth-order valence-electron chi connectivity index (χ4n) is 1.44. The van der Waals surface area contributed by atoms with Gasteiger partial charge in [0.15, 0.2) is 0 Å². The molecule has 0 amide bonds. The van der Waals surface area contributed by atoms with Gasteiger partial charge in [0.2, 0.25) is 0 Å². The van der Waals surface area contributed by atoms with Crippen LogP contribution < -0.4 is 5.73 Å². The van der Waals surface area contributed by atoms with Crippen molar-refractivity contribution in [1.82, 2.24) is 9.55 Å². The van der Waals surface area contributed by atoms with Crippen LogP contribution in [0.4, 0.5) is 0 Å². The van der Waals surface area contributed by atoms with Crippen LogP contribution in [0, 0.1) is 0 Å². The molecule has 1 heterocycles. The number of hydrogen-bond donors (Lipinski definition) is 1.